The third-order valence-corrected chi connectivity index (χ3v) is 5.00. The van der Waals surface area contributed by atoms with Gasteiger partial charge in [0.2, 0.25) is 0 Å². The third-order valence-electron chi connectivity index (χ3n) is 4.77. The number of carbonyl (C=O) groups excluding carboxylic acids is 1. The fraction of sp³-hybridized carbons (Fsp3) is 0.300. The van der Waals surface area contributed by atoms with Crippen molar-refractivity contribution in [3.05, 3.63) is 57.7 Å². The number of aromatic nitrogens is 2. The van der Waals surface area contributed by atoms with E-state index in [1.807, 2.05) is 18.2 Å². The molecule has 2 heterocycles. The molecule has 5 nitrogen and oxygen atoms in total. The van der Waals surface area contributed by atoms with Crippen molar-refractivity contribution in [3.8, 4) is 5.75 Å². The Balaban J connectivity index is 1.68. The number of phenols is 1. The number of aromatic amines is 1. The van der Waals surface area contributed by atoms with Crippen molar-refractivity contribution >= 4 is 28.4 Å². The first-order valence-corrected chi connectivity index (χ1v) is 9.06. The van der Waals surface area contributed by atoms with E-state index in [0.717, 1.165) is 34.1 Å². The molecule has 0 spiro atoms. The topological polar surface area (TPSA) is 69.2 Å². The molecule has 134 valence electrons. The number of halogens is 1. The van der Waals surface area contributed by atoms with E-state index in [1.165, 1.54) is 0 Å². The molecule has 3 aromatic rings. The lowest BCUT2D eigenvalue weighted by Gasteiger charge is -2.16. The molecule has 2 aromatic carbocycles. The highest BCUT2D eigenvalue weighted by atomic mass is 35.5. The lowest BCUT2D eigenvalue weighted by Crippen LogP contribution is -2.25. The predicted octanol–water partition coefficient (Wildman–Crippen LogP) is 4.28. The van der Waals surface area contributed by atoms with E-state index < -0.39 is 0 Å². The quantitative estimate of drug-likeness (QED) is 0.724. The summed E-state index contributed by atoms with van der Waals surface area (Å²) in [5.41, 5.74) is 4.11. The van der Waals surface area contributed by atoms with Gasteiger partial charge < -0.3 is 10.0 Å². The molecule has 1 aromatic heterocycles. The van der Waals surface area contributed by atoms with Crippen molar-refractivity contribution in [2.24, 2.45) is 5.92 Å². The Morgan fingerprint density at radius 2 is 2.04 bits per heavy atom. The Bertz CT molecular complexity index is 1010. The smallest absolute Gasteiger partial charge is 0.258 e. The van der Waals surface area contributed by atoms with Crippen LogP contribution in [0, 0.1) is 5.92 Å². The molecule has 1 aliphatic rings. The van der Waals surface area contributed by atoms with Gasteiger partial charge in [-0.1, -0.05) is 31.5 Å². The monoisotopic (exact) mass is 369 g/mol. The van der Waals surface area contributed by atoms with Crippen molar-refractivity contribution in [2.75, 3.05) is 0 Å². The second-order valence-electron chi connectivity index (χ2n) is 7.26. The number of fused-ring (bicyclic) bond motifs is 2. The van der Waals surface area contributed by atoms with Crippen LogP contribution < -0.4 is 0 Å². The molecule has 4 rings (SSSR count). The maximum Gasteiger partial charge on any atom is 0.258 e. The zero-order valence-corrected chi connectivity index (χ0v) is 15.5. The minimum atomic E-state index is -0.187. The Morgan fingerprint density at radius 3 is 2.81 bits per heavy atom. The molecular weight excluding hydrogens is 350 g/mol. The van der Waals surface area contributed by atoms with Gasteiger partial charge in [-0.15, -0.1) is 0 Å². The van der Waals surface area contributed by atoms with Crippen molar-refractivity contribution < 1.29 is 9.90 Å². The lowest BCUT2D eigenvalue weighted by atomic mass is 10.0. The zero-order chi connectivity index (χ0) is 18.4. The summed E-state index contributed by atoms with van der Waals surface area (Å²) in [7, 11) is 0. The molecular formula is C20H20ClN3O2. The van der Waals surface area contributed by atoms with Crippen molar-refractivity contribution in [2.45, 2.75) is 33.4 Å². The van der Waals surface area contributed by atoms with Crippen molar-refractivity contribution in [1.82, 2.24) is 15.1 Å². The van der Waals surface area contributed by atoms with E-state index in [9.17, 15) is 9.90 Å². The zero-order valence-electron chi connectivity index (χ0n) is 14.7. The number of aromatic hydroxyl groups is 1. The number of rotatable bonds is 3. The average Bonchev–Trinajstić information content (AvgIpc) is 3.16. The number of nitrogens with zero attached hydrogens (tertiary/aromatic N) is 2. The van der Waals surface area contributed by atoms with Gasteiger partial charge in [0.05, 0.1) is 16.8 Å². The number of carbonyl (C=O) groups is 1. The molecule has 2 N–H and O–H groups in total. The van der Waals surface area contributed by atoms with Gasteiger partial charge in [-0.3, -0.25) is 9.89 Å². The highest BCUT2D eigenvalue weighted by Gasteiger charge is 2.27. The number of hydrogen-bond donors (Lipinski definition) is 2. The van der Waals surface area contributed by atoms with Crippen LogP contribution in [0.1, 0.15) is 41.0 Å². The van der Waals surface area contributed by atoms with Gasteiger partial charge in [0.25, 0.3) is 5.91 Å². The van der Waals surface area contributed by atoms with Crippen molar-refractivity contribution in [3.63, 3.8) is 0 Å². The molecule has 0 atom stereocenters. The first-order valence-electron chi connectivity index (χ1n) is 8.69. The van der Waals surface area contributed by atoms with Crippen LogP contribution in [0.4, 0.5) is 0 Å². The minimum Gasteiger partial charge on any atom is -0.507 e. The number of H-pyrrole nitrogens is 1. The summed E-state index contributed by atoms with van der Waals surface area (Å²) in [6, 6.07) is 9.01. The lowest BCUT2D eigenvalue weighted by molar-refractivity contribution is 0.0748. The number of hydrogen-bond acceptors (Lipinski definition) is 3. The normalized spacial score (nSPS) is 13.6. The van der Waals surface area contributed by atoms with Crippen LogP contribution in [-0.2, 0) is 19.5 Å². The Morgan fingerprint density at radius 1 is 1.27 bits per heavy atom. The van der Waals surface area contributed by atoms with Gasteiger partial charge in [0, 0.05) is 29.6 Å². The molecule has 0 radical (unpaired) electrons. The Kier molecular flexibility index (Phi) is 4.11. The van der Waals surface area contributed by atoms with Crippen LogP contribution in [0.25, 0.3) is 10.9 Å². The molecule has 0 aliphatic carbocycles. The third kappa shape index (κ3) is 2.92. The van der Waals surface area contributed by atoms with Crippen molar-refractivity contribution in [1.29, 1.82) is 0 Å². The van der Waals surface area contributed by atoms with Gasteiger partial charge in [-0.2, -0.15) is 5.10 Å². The number of nitrogens with one attached hydrogen (secondary N) is 1. The van der Waals surface area contributed by atoms with Gasteiger partial charge in [0.15, 0.2) is 0 Å². The fourth-order valence-corrected chi connectivity index (χ4v) is 3.69. The molecule has 0 unspecified atom stereocenters. The molecule has 0 saturated heterocycles. The van der Waals surface area contributed by atoms with E-state index in [-0.39, 0.29) is 11.7 Å². The largest absolute Gasteiger partial charge is 0.507 e. The SMILES string of the molecule is CC(C)Cc1n[nH]c2cc(O)c(C(=O)N3Cc4ccc(Cl)cc4C3)cc12. The summed E-state index contributed by atoms with van der Waals surface area (Å²) < 4.78 is 0. The molecule has 1 amide bonds. The summed E-state index contributed by atoms with van der Waals surface area (Å²) in [6.45, 7) is 5.27. The molecule has 0 fully saturated rings. The summed E-state index contributed by atoms with van der Waals surface area (Å²) in [4.78, 5) is 14.7. The second kappa shape index (κ2) is 6.32. The maximum absolute atomic E-state index is 13.0. The molecule has 0 saturated carbocycles. The van der Waals surface area contributed by atoms with E-state index >= 15 is 0 Å². The van der Waals surface area contributed by atoms with E-state index in [0.29, 0.717) is 29.6 Å². The van der Waals surface area contributed by atoms with Crippen LogP contribution in [-0.4, -0.2) is 26.1 Å². The molecule has 26 heavy (non-hydrogen) atoms. The minimum absolute atomic E-state index is 0.0313. The second-order valence-corrected chi connectivity index (χ2v) is 7.69. The van der Waals surface area contributed by atoms with Gasteiger partial charge in [0.1, 0.15) is 5.75 Å². The first-order chi connectivity index (χ1) is 12.4. The highest BCUT2D eigenvalue weighted by Crippen LogP contribution is 2.31. The van der Waals surface area contributed by atoms with Gasteiger partial charge in [-0.05, 0) is 41.7 Å². The van der Waals surface area contributed by atoms with Crippen LogP contribution >= 0.6 is 11.6 Å². The number of phenolic OH excluding ortho intramolecular Hbond substituents is 1. The van der Waals surface area contributed by atoms with Gasteiger partial charge >= 0.3 is 0 Å². The number of benzene rings is 2. The number of amides is 1. The van der Waals surface area contributed by atoms with E-state index in [4.69, 9.17) is 11.6 Å². The Hall–Kier alpha value is -2.53. The molecule has 6 heteroatoms. The summed E-state index contributed by atoms with van der Waals surface area (Å²) in [6.07, 6.45) is 0.812. The fourth-order valence-electron chi connectivity index (χ4n) is 3.50. The van der Waals surface area contributed by atoms with Crippen LogP contribution in [0.5, 0.6) is 5.75 Å². The standard InChI is InChI=1S/C20H20ClN3O2/c1-11(2)5-17-15-7-16(19(25)8-18(15)23-22-17)20(26)24-9-12-3-4-14(21)6-13(12)10-24/h3-4,6-8,11,25H,5,9-10H2,1-2H3,(H,22,23). The van der Waals surface area contributed by atoms with E-state index in [2.05, 4.69) is 24.0 Å². The van der Waals surface area contributed by atoms with Crippen LogP contribution in [0.15, 0.2) is 30.3 Å². The van der Waals surface area contributed by atoms with E-state index in [1.54, 1.807) is 17.0 Å². The molecule has 1 aliphatic heterocycles. The summed E-state index contributed by atoms with van der Waals surface area (Å²) >= 11 is 6.05. The van der Waals surface area contributed by atoms with Gasteiger partial charge in [-0.25, -0.2) is 0 Å². The summed E-state index contributed by atoms with van der Waals surface area (Å²) in [5, 5.41) is 19.2. The van der Waals surface area contributed by atoms with Crippen LogP contribution in [0.3, 0.4) is 0 Å². The Labute approximate surface area is 156 Å². The van der Waals surface area contributed by atoms with Crippen LogP contribution in [0.2, 0.25) is 5.02 Å². The summed E-state index contributed by atoms with van der Waals surface area (Å²) in [5.74, 6) is 0.233. The average molecular weight is 370 g/mol. The predicted molar refractivity (Wildman–Crippen MR) is 101 cm³/mol. The molecule has 0 bridgehead atoms. The first kappa shape index (κ1) is 16.9. The highest BCUT2D eigenvalue weighted by molar-refractivity contribution is 6.30. The maximum atomic E-state index is 13.0.